The smallest absolute Gasteiger partial charge is 0.274 e. The van der Waals surface area contributed by atoms with Crippen molar-refractivity contribution in [3.8, 4) is 11.5 Å². The number of ether oxygens (including phenoxy) is 3. The highest BCUT2D eigenvalue weighted by atomic mass is 35.5. The van der Waals surface area contributed by atoms with Gasteiger partial charge in [-0.1, -0.05) is 11.6 Å². The van der Waals surface area contributed by atoms with Crippen LogP contribution in [0.5, 0.6) is 11.5 Å². The average molecular weight is 379 g/mol. The first kappa shape index (κ1) is 18.2. The molecule has 2 heterocycles. The molecule has 0 saturated carbocycles. The molecule has 138 valence electrons. The van der Waals surface area contributed by atoms with Crippen LogP contribution in [0.1, 0.15) is 10.5 Å². The lowest BCUT2D eigenvalue weighted by Crippen LogP contribution is -2.41. The molecule has 1 aromatic carbocycles. The topological polar surface area (TPSA) is 85.8 Å². The molecule has 1 fully saturated rings. The van der Waals surface area contributed by atoms with Crippen molar-refractivity contribution in [2.75, 3.05) is 45.8 Å². The molecule has 0 atom stereocenters. The lowest BCUT2D eigenvalue weighted by atomic mass is 10.2. The van der Waals surface area contributed by atoms with E-state index in [0.717, 1.165) is 0 Å². The Hall–Kier alpha value is -2.58. The van der Waals surface area contributed by atoms with Gasteiger partial charge in [-0.15, -0.1) is 10.2 Å². The van der Waals surface area contributed by atoms with E-state index in [9.17, 15) is 4.79 Å². The molecule has 0 bridgehead atoms. The largest absolute Gasteiger partial charge is 0.495 e. The zero-order chi connectivity index (χ0) is 18.5. The van der Waals surface area contributed by atoms with Crippen molar-refractivity contribution < 1.29 is 19.0 Å². The normalized spacial score (nSPS) is 14.0. The summed E-state index contributed by atoms with van der Waals surface area (Å²) < 4.78 is 15.8. The summed E-state index contributed by atoms with van der Waals surface area (Å²) in [4.78, 5) is 14.1. The Kier molecular flexibility index (Phi) is 5.75. The number of amides is 1. The van der Waals surface area contributed by atoms with Crippen molar-refractivity contribution in [2.24, 2.45) is 0 Å². The summed E-state index contributed by atoms with van der Waals surface area (Å²) in [5.74, 6) is 1.34. The minimum atomic E-state index is -0.155. The summed E-state index contributed by atoms with van der Waals surface area (Å²) >= 11 is 6.10. The Morgan fingerprint density at radius 3 is 2.50 bits per heavy atom. The number of hydrogen-bond acceptors (Lipinski definition) is 7. The molecular formula is C17H19ClN4O4. The maximum Gasteiger partial charge on any atom is 0.274 e. The predicted octanol–water partition coefficient (Wildman–Crippen LogP) is 2.36. The number of benzene rings is 1. The number of aromatic nitrogens is 2. The molecule has 1 aromatic heterocycles. The van der Waals surface area contributed by atoms with Crippen molar-refractivity contribution in [1.29, 1.82) is 0 Å². The lowest BCUT2D eigenvalue weighted by Gasteiger charge is -2.26. The highest BCUT2D eigenvalue weighted by molar-refractivity contribution is 6.32. The molecule has 26 heavy (non-hydrogen) atoms. The van der Waals surface area contributed by atoms with Gasteiger partial charge in [-0.3, -0.25) is 4.79 Å². The third kappa shape index (κ3) is 3.97. The molecule has 3 rings (SSSR count). The molecule has 1 saturated heterocycles. The van der Waals surface area contributed by atoms with E-state index < -0.39 is 0 Å². The SMILES string of the molecule is COc1cc(Nc2ccc(C(=O)N3CCOCC3)nn2)c(OC)cc1Cl. The van der Waals surface area contributed by atoms with Crippen LogP contribution in [-0.2, 0) is 4.74 Å². The minimum Gasteiger partial charge on any atom is -0.495 e. The third-order valence-electron chi connectivity index (χ3n) is 3.92. The van der Waals surface area contributed by atoms with Crippen LogP contribution < -0.4 is 14.8 Å². The average Bonchev–Trinajstić information content (AvgIpc) is 2.69. The van der Waals surface area contributed by atoms with Crippen LogP contribution in [0.15, 0.2) is 24.3 Å². The molecule has 8 nitrogen and oxygen atoms in total. The van der Waals surface area contributed by atoms with E-state index in [1.807, 2.05) is 0 Å². The molecule has 1 aliphatic heterocycles. The van der Waals surface area contributed by atoms with Crippen LogP contribution in [0.2, 0.25) is 5.02 Å². The number of nitrogens with one attached hydrogen (secondary N) is 1. The van der Waals surface area contributed by atoms with Crippen molar-refractivity contribution in [3.05, 3.63) is 35.0 Å². The highest BCUT2D eigenvalue weighted by Gasteiger charge is 2.20. The van der Waals surface area contributed by atoms with Gasteiger partial charge in [0.05, 0.1) is 38.1 Å². The van der Waals surface area contributed by atoms with Gasteiger partial charge in [0, 0.05) is 25.2 Å². The molecule has 0 aliphatic carbocycles. The number of carbonyl (C=O) groups is 1. The summed E-state index contributed by atoms with van der Waals surface area (Å²) in [5, 5.41) is 11.6. The molecule has 1 amide bonds. The Morgan fingerprint density at radius 2 is 1.88 bits per heavy atom. The molecule has 0 radical (unpaired) electrons. The van der Waals surface area contributed by atoms with Crippen molar-refractivity contribution >= 4 is 29.0 Å². The molecule has 0 unspecified atom stereocenters. The van der Waals surface area contributed by atoms with Crippen LogP contribution >= 0.6 is 11.6 Å². The van der Waals surface area contributed by atoms with Gasteiger partial charge in [-0.2, -0.15) is 0 Å². The Balaban J connectivity index is 1.76. The van der Waals surface area contributed by atoms with E-state index in [-0.39, 0.29) is 11.6 Å². The van der Waals surface area contributed by atoms with Crippen LogP contribution in [-0.4, -0.2) is 61.5 Å². The molecular weight excluding hydrogens is 360 g/mol. The number of rotatable bonds is 5. The van der Waals surface area contributed by atoms with Crippen LogP contribution in [0.4, 0.5) is 11.5 Å². The van der Waals surface area contributed by atoms with Crippen molar-refractivity contribution in [1.82, 2.24) is 15.1 Å². The Bertz CT molecular complexity index is 779. The highest BCUT2D eigenvalue weighted by Crippen LogP contribution is 2.36. The van der Waals surface area contributed by atoms with Gasteiger partial charge >= 0.3 is 0 Å². The fourth-order valence-corrected chi connectivity index (χ4v) is 2.77. The molecule has 1 aliphatic rings. The van der Waals surface area contributed by atoms with E-state index >= 15 is 0 Å². The lowest BCUT2D eigenvalue weighted by molar-refractivity contribution is 0.0298. The second-order valence-electron chi connectivity index (χ2n) is 5.52. The monoisotopic (exact) mass is 378 g/mol. The number of halogens is 1. The molecule has 9 heteroatoms. The first-order chi connectivity index (χ1) is 12.6. The number of methoxy groups -OCH3 is 2. The molecule has 0 spiro atoms. The second-order valence-corrected chi connectivity index (χ2v) is 5.93. The van der Waals surface area contributed by atoms with Crippen LogP contribution in [0.25, 0.3) is 0 Å². The summed E-state index contributed by atoms with van der Waals surface area (Å²) in [7, 11) is 3.07. The Morgan fingerprint density at radius 1 is 1.15 bits per heavy atom. The Labute approximate surface area is 156 Å². The first-order valence-electron chi connectivity index (χ1n) is 8.01. The predicted molar refractivity (Wildman–Crippen MR) is 96.6 cm³/mol. The van der Waals surface area contributed by atoms with E-state index in [1.165, 1.54) is 7.11 Å². The zero-order valence-electron chi connectivity index (χ0n) is 14.5. The number of carbonyl (C=O) groups excluding carboxylic acids is 1. The fourth-order valence-electron chi connectivity index (χ4n) is 2.54. The van der Waals surface area contributed by atoms with Gasteiger partial charge in [0.1, 0.15) is 11.5 Å². The van der Waals surface area contributed by atoms with Gasteiger partial charge in [0.15, 0.2) is 11.5 Å². The summed E-state index contributed by atoms with van der Waals surface area (Å²) in [6.45, 7) is 2.19. The van der Waals surface area contributed by atoms with Crippen LogP contribution in [0.3, 0.4) is 0 Å². The van der Waals surface area contributed by atoms with Crippen LogP contribution in [0, 0.1) is 0 Å². The molecule has 2 aromatic rings. The minimum absolute atomic E-state index is 0.155. The van der Waals surface area contributed by atoms with Crippen molar-refractivity contribution in [3.63, 3.8) is 0 Å². The van der Waals surface area contributed by atoms with Gasteiger partial charge in [0.2, 0.25) is 0 Å². The van der Waals surface area contributed by atoms with E-state index in [0.29, 0.717) is 54.3 Å². The first-order valence-corrected chi connectivity index (χ1v) is 8.39. The summed E-state index contributed by atoms with van der Waals surface area (Å²) in [5.41, 5.74) is 0.911. The second kappa shape index (κ2) is 8.20. The van der Waals surface area contributed by atoms with Gasteiger partial charge in [0.25, 0.3) is 5.91 Å². The molecule has 1 N–H and O–H groups in total. The van der Waals surface area contributed by atoms with E-state index in [2.05, 4.69) is 15.5 Å². The summed E-state index contributed by atoms with van der Waals surface area (Å²) in [6.07, 6.45) is 0. The standard InChI is InChI=1S/C17H19ClN4O4/c1-24-14-10-13(15(25-2)9-11(14)18)19-16-4-3-12(20-21-16)17(23)22-5-7-26-8-6-22/h3-4,9-10H,5-8H2,1-2H3,(H,19,21). The number of nitrogens with zero attached hydrogens (tertiary/aromatic N) is 3. The van der Waals surface area contributed by atoms with Gasteiger partial charge in [-0.25, -0.2) is 0 Å². The maximum atomic E-state index is 12.4. The van der Waals surface area contributed by atoms with E-state index in [1.54, 1.807) is 36.3 Å². The number of hydrogen-bond donors (Lipinski definition) is 1. The number of anilines is 2. The number of morpholine rings is 1. The third-order valence-corrected chi connectivity index (χ3v) is 4.21. The van der Waals surface area contributed by atoms with Gasteiger partial charge in [-0.05, 0) is 12.1 Å². The van der Waals surface area contributed by atoms with Crippen molar-refractivity contribution in [2.45, 2.75) is 0 Å². The van der Waals surface area contributed by atoms with E-state index in [4.69, 9.17) is 25.8 Å². The van der Waals surface area contributed by atoms with Gasteiger partial charge < -0.3 is 24.4 Å². The maximum absolute atomic E-state index is 12.4. The quantitative estimate of drug-likeness (QED) is 0.854. The summed E-state index contributed by atoms with van der Waals surface area (Å²) in [6, 6.07) is 6.66. The fraction of sp³-hybridized carbons (Fsp3) is 0.353. The zero-order valence-corrected chi connectivity index (χ0v) is 15.2.